The van der Waals surface area contributed by atoms with Gasteiger partial charge in [0.05, 0.1) is 18.9 Å². The van der Waals surface area contributed by atoms with Crippen LogP contribution >= 0.6 is 0 Å². The Balaban J connectivity index is 1.51. The van der Waals surface area contributed by atoms with E-state index in [0.717, 1.165) is 16.3 Å². The van der Waals surface area contributed by atoms with E-state index in [2.05, 4.69) is 15.1 Å². The average Bonchev–Trinajstić information content (AvgIpc) is 3.11. The molecule has 0 aliphatic heterocycles. The number of carbonyl (C=O) groups is 1. The number of nitro groups is 1. The Labute approximate surface area is 165 Å². The lowest BCUT2D eigenvalue weighted by molar-refractivity contribution is -0.391. The van der Waals surface area contributed by atoms with E-state index in [-0.39, 0.29) is 24.3 Å². The summed E-state index contributed by atoms with van der Waals surface area (Å²) in [6.45, 7) is 3.97. The van der Waals surface area contributed by atoms with Crippen LogP contribution in [-0.4, -0.2) is 43.7 Å². The molecule has 0 spiro atoms. The molecular formula is C18H19N5O6. The Morgan fingerprint density at radius 2 is 2.00 bits per heavy atom. The van der Waals surface area contributed by atoms with Crippen molar-refractivity contribution in [1.29, 1.82) is 0 Å². The Morgan fingerprint density at radius 3 is 2.76 bits per heavy atom. The van der Waals surface area contributed by atoms with Gasteiger partial charge >= 0.3 is 11.8 Å². The number of hydrogen-bond acceptors (Lipinski definition) is 9. The normalized spacial score (nSPS) is 10.7. The van der Waals surface area contributed by atoms with Crippen LogP contribution in [0.4, 0.5) is 5.82 Å². The van der Waals surface area contributed by atoms with Crippen LogP contribution in [0.15, 0.2) is 30.6 Å². The summed E-state index contributed by atoms with van der Waals surface area (Å²) in [4.78, 5) is 29.5. The average molecular weight is 401 g/mol. The molecule has 0 aromatic carbocycles. The van der Waals surface area contributed by atoms with Gasteiger partial charge in [0.25, 0.3) is 5.88 Å². The molecule has 0 aliphatic rings. The predicted molar refractivity (Wildman–Crippen MR) is 99.7 cm³/mol. The Hall–Kier alpha value is -3.76. The van der Waals surface area contributed by atoms with Crippen LogP contribution in [0, 0.1) is 17.0 Å². The number of carbonyl (C=O) groups excluding carboxylic acids is 1. The Bertz CT molecular complexity index is 1030. The van der Waals surface area contributed by atoms with Crippen LogP contribution in [0.5, 0.6) is 11.6 Å². The van der Waals surface area contributed by atoms with Gasteiger partial charge in [-0.05, 0) is 23.0 Å². The molecule has 11 nitrogen and oxygen atoms in total. The molecule has 11 heteroatoms. The van der Waals surface area contributed by atoms with Crippen LogP contribution in [-0.2, 0) is 16.1 Å². The monoisotopic (exact) mass is 401 g/mol. The van der Waals surface area contributed by atoms with Crippen molar-refractivity contribution in [2.75, 3.05) is 13.2 Å². The number of fused-ring (bicyclic) bond motifs is 1. The van der Waals surface area contributed by atoms with Gasteiger partial charge in [-0.3, -0.25) is 9.78 Å². The van der Waals surface area contributed by atoms with Gasteiger partial charge in [-0.25, -0.2) is 4.98 Å². The highest BCUT2D eigenvalue weighted by molar-refractivity contribution is 5.65. The minimum Gasteiger partial charge on any atom is -0.493 e. The number of esters is 1. The van der Waals surface area contributed by atoms with Crippen LogP contribution in [0.3, 0.4) is 0 Å². The molecular weight excluding hydrogens is 382 g/mol. The summed E-state index contributed by atoms with van der Waals surface area (Å²) in [6.07, 6.45) is 3.30. The van der Waals surface area contributed by atoms with Crippen LogP contribution in [0.2, 0.25) is 0 Å². The maximum atomic E-state index is 11.0. The predicted octanol–water partition coefficient (Wildman–Crippen LogP) is 2.25. The lowest BCUT2D eigenvalue weighted by Crippen LogP contribution is -2.09. The maximum absolute atomic E-state index is 11.0. The zero-order chi connectivity index (χ0) is 20.8. The molecule has 29 heavy (non-hydrogen) atoms. The van der Waals surface area contributed by atoms with E-state index in [1.165, 1.54) is 6.92 Å². The quantitative estimate of drug-likeness (QED) is 0.229. The zero-order valence-corrected chi connectivity index (χ0v) is 15.9. The first-order chi connectivity index (χ1) is 14.0. The van der Waals surface area contributed by atoms with Crippen molar-refractivity contribution in [3.8, 4) is 11.6 Å². The van der Waals surface area contributed by atoms with Gasteiger partial charge in [-0.15, -0.1) is 0 Å². The van der Waals surface area contributed by atoms with E-state index >= 15 is 0 Å². The first-order valence-electron chi connectivity index (χ1n) is 8.78. The molecule has 3 heterocycles. The Kier molecular flexibility index (Phi) is 6.17. The third-order valence-corrected chi connectivity index (χ3v) is 3.97. The molecule has 3 aromatic rings. The highest BCUT2D eigenvalue weighted by atomic mass is 16.6. The number of nitrogens with zero attached hydrogens (tertiary/aromatic N) is 5. The van der Waals surface area contributed by atoms with E-state index in [9.17, 15) is 14.9 Å². The molecule has 3 aromatic heterocycles. The summed E-state index contributed by atoms with van der Waals surface area (Å²) >= 11 is 0. The van der Waals surface area contributed by atoms with E-state index in [4.69, 9.17) is 14.2 Å². The van der Waals surface area contributed by atoms with E-state index in [0.29, 0.717) is 36.7 Å². The molecule has 0 amide bonds. The lowest BCUT2D eigenvalue weighted by atomic mass is 10.2. The highest BCUT2D eigenvalue weighted by Gasteiger charge is 2.16. The van der Waals surface area contributed by atoms with E-state index < -0.39 is 4.92 Å². The smallest absolute Gasteiger partial charge is 0.368 e. The minimum atomic E-state index is -0.558. The fraction of sp³-hybridized carbons (Fsp3) is 0.333. The van der Waals surface area contributed by atoms with Gasteiger partial charge in [-0.2, -0.15) is 0 Å². The molecule has 3 rings (SSSR count). The van der Waals surface area contributed by atoms with Crippen molar-refractivity contribution < 1.29 is 23.9 Å². The molecule has 0 saturated heterocycles. The highest BCUT2D eigenvalue weighted by Crippen LogP contribution is 2.20. The second kappa shape index (κ2) is 8.95. The molecule has 152 valence electrons. The maximum Gasteiger partial charge on any atom is 0.368 e. The summed E-state index contributed by atoms with van der Waals surface area (Å²) in [5.74, 6) is 0.298. The largest absolute Gasteiger partial charge is 0.493 e. The topological polar surface area (TPSA) is 131 Å². The molecule has 0 bridgehead atoms. The molecule has 0 atom stereocenters. The zero-order valence-electron chi connectivity index (χ0n) is 15.9. The molecule has 0 N–H and O–H groups in total. The summed E-state index contributed by atoms with van der Waals surface area (Å²) in [5, 5.41) is 15.0. The second-order valence-corrected chi connectivity index (χ2v) is 6.03. The SMILES string of the molecule is CC(=O)OCc1nccc(OCCCOc2ccc3ncc([N+](=O)[O-])n3n2)c1C. The van der Waals surface area contributed by atoms with Crippen molar-refractivity contribution in [3.05, 3.63) is 52.0 Å². The number of pyridine rings is 1. The van der Waals surface area contributed by atoms with Crippen LogP contribution in [0.1, 0.15) is 24.6 Å². The van der Waals surface area contributed by atoms with Gasteiger partial charge in [0.15, 0.2) is 0 Å². The summed E-state index contributed by atoms with van der Waals surface area (Å²) in [6, 6.07) is 4.93. The van der Waals surface area contributed by atoms with Gasteiger partial charge in [-0.1, -0.05) is 4.52 Å². The van der Waals surface area contributed by atoms with Gasteiger partial charge < -0.3 is 24.3 Å². The van der Waals surface area contributed by atoms with Crippen molar-refractivity contribution in [1.82, 2.24) is 19.6 Å². The first kappa shape index (κ1) is 20.0. The summed E-state index contributed by atoms with van der Waals surface area (Å²) < 4.78 is 17.4. The third kappa shape index (κ3) is 4.94. The fourth-order valence-electron chi connectivity index (χ4n) is 2.49. The van der Waals surface area contributed by atoms with Crippen molar-refractivity contribution in [2.24, 2.45) is 0 Å². The van der Waals surface area contributed by atoms with E-state index in [1.807, 2.05) is 6.92 Å². The lowest BCUT2D eigenvalue weighted by Gasteiger charge is -2.12. The van der Waals surface area contributed by atoms with Gasteiger partial charge in [0.1, 0.15) is 18.6 Å². The third-order valence-electron chi connectivity index (χ3n) is 3.97. The first-order valence-corrected chi connectivity index (χ1v) is 8.78. The molecule has 0 radical (unpaired) electrons. The summed E-state index contributed by atoms with van der Waals surface area (Å²) in [5.41, 5.74) is 1.80. The molecule has 0 saturated carbocycles. The van der Waals surface area contributed by atoms with Crippen molar-refractivity contribution in [2.45, 2.75) is 26.9 Å². The number of ether oxygens (including phenoxy) is 3. The van der Waals surface area contributed by atoms with Crippen molar-refractivity contribution in [3.63, 3.8) is 0 Å². The van der Waals surface area contributed by atoms with E-state index in [1.54, 1.807) is 24.4 Å². The number of imidazole rings is 1. The van der Waals surface area contributed by atoms with Crippen LogP contribution in [0.25, 0.3) is 5.65 Å². The molecule has 0 fully saturated rings. The Morgan fingerprint density at radius 1 is 1.21 bits per heavy atom. The molecule has 0 aliphatic carbocycles. The standard InChI is InChI=1S/C18H19N5O6/c1-12-14(11-29-13(2)24)19-7-6-15(12)27-8-3-9-28-17-5-4-16-20-10-18(23(25)26)22(16)21-17/h4-7,10H,3,8-9,11H2,1-2H3. The minimum absolute atomic E-state index is 0.0933. The number of aromatic nitrogens is 4. The molecule has 0 unspecified atom stereocenters. The van der Waals surface area contributed by atoms with Crippen LogP contribution < -0.4 is 9.47 Å². The van der Waals surface area contributed by atoms with Gasteiger partial charge in [0.2, 0.25) is 5.65 Å². The number of hydrogen-bond donors (Lipinski definition) is 0. The van der Waals surface area contributed by atoms with Crippen molar-refractivity contribution >= 4 is 17.4 Å². The fourth-order valence-corrected chi connectivity index (χ4v) is 2.49. The van der Waals surface area contributed by atoms with Gasteiger partial charge in [0, 0.05) is 37.2 Å². The second-order valence-electron chi connectivity index (χ2n) is 6.03. The summed E-state index contributed by atoms with van der Waals surface area (Å²) in [7, 11) is 0. The number of rotatable bonds is 9.